The first kappa shape index (κ1) is 16.3. The van der Waals surface area contributed by atoms with Gasteiger partial charge in [0.25, 0.3) is 0 Å². The van der Waals surface area contributed by atoms with Gasteiger partial charge in [-0.15, -0.1) is 11.3 Å². The van der Waals surface area contributed by atoms with E-state index in [4.69, 9.17) is 0 Å². The molecule has 1 aromatic heterocycles. The van der Waals surface area contributed by atoms with Gasteiger partial charge in [-0.1, -0.05) is 48.5 Å². The van der Waals surface area contributed by atoms with E-state index in [1.807, 2.05) is 35.7 Å². The Kier molecular flexibility index (Phi) is 5.33. The van der Waals surface area contributed by atoms with Gasteiger partial charge in [0.15, 0.2) is 0 Å². The lowest BCUT2D eigenvalue weighted by Gasteiger charge is -2.04. The van der Waals surface area contributed by atoms with Crippen molar-refractivity contribution >= 4 is 17.2 Å². The van der Waals surface area contributed by atoms with Crippen molar-refractivity contribution < 1.29 is 9.18 Å². The molecule has 1 heterocycles. The van der Waals surface area contributed by atoms with E-state index >= 15 is 0 Å². The maximum Gasteiger partial charge on any atom is 0.220 e. The van der Waals surface area contributed by atoms with Gasteiger partial charge in [-0.05, 0) is 18.1 Å². The van der Waals surface area contributed by atoms with Crippen molar-refractivity contribution in [3.05, 3.63) is 77.1 Å². The number of nitrogens with zero attached hydrogens (tertiary/aromatic N) is 1. The maximum atomic E-state index is 13.5. The Morgan fingerprint density at radius 1 is 1.08 bits per heavy atom. The lowest BCUT2D eigenvalue weighted by atomic mass is 10.1. The number of rotatable bonds is 6. The van der Waals surface area contributed by atoms with Crippen LogP contribution >= 0.6 is 11.3 Å². The summed E-state index contributed by atoms with van der Waals surface area (Å²) in [5.41, 5.74) is 2.46. The molecule has 3 rings (SSSR count). The number of aryl methyl sites for hydroxylation is 1. The standard InChI is InChI=1S/C19H17FN2OS/c20-17-9-5-4-6-14(17)10-11-18(23)21-12-16-13-24-19(22-16)15-7-2-1-3-8-15/h1-9,13H,10-12H2,(H,21,23). The Bertz CT molecular complexity index is 817. The molecule has 1 N–H and O–H groups in total. The zero-order chi connectivity index (χ0) is 16.8. The van der Waals surface area contributed by atoms with Crippen molar-refractivity contribution in [3.8, 4) is 10.6 Å². The fourth-order valence-corrected chi connectivity index (χ4v) is 3.15. The van der Waals surface area contributed by atoms with Crippen LogP contribution in [0.4, 0.5) is 4.39 Å². The quantitative estimate of drug-likeness (QED) is 0.731. The molecule has 3 aromatic rings. The van der Waals surface area contributed by atoms with Crippen LogP contribution in [0.1, 0.15) is 17.7 Å². The first-order valence-corrected chi connectivity index (χ1v) is 8.60. The number of carbonyl (C=O) groups is 1. The molecule has 24 heavy (non-hydrogen) atoms. The van der Waals surface area contributed by atoms with E-state index in [1.165, 1.54) is 6.07 Å². The molecule has 3 nitrogen and oxygen atoms in total. The number of amides is 1. The molecule has 122 valence electrons. The van der Waals surface area contributed by atoms with Crippen LogP contribution in [0, 0.1) is 5.82 Å². The highest BCUT2D eigenvalue weighted by Gasteiger charge is 2.08. The van der Waals surface area contributed by atoms with E-state index in [0.717, 1.165) is 16.3 Å². The van der Waals surface area contributed by atoms with Crippen molar-refractivity contribution in [2.24, 2.45) is 0 Å². The summed E-state index contributed by atoms with van der Waals surface area (Å²) < 4.78 is 13.5. The first-order valence-electron chi connectivity index (χ1n) is 7.72. The Morgan fingerprint density at radius 2 is 1.83 bits per heavy atom. The van der Waals surface area contributed by atoms with Crippen LogP contribution in [0.3, 0.4) is 0 Å². The topological polar surface area (TPSA) is 42.0 Å². The van der Waals surface area contributed by atoms with Gasteiger partial charge >= 0.3 is 0 Å². The van der Waals surface area contributed by atoms with Gasteiger partial charge in [0, 0.05) is 17.4 Å². The Balaban J connectivity index is 1.50. The van der Waals surface area contributed by atoms with Gasteiger partial charge in [0.05, 0.1) is 12.2 Å². The molecule has 0 unspecified atom stereocenters. The Labute approximate surface area is 144 Å². The largest absolute Gasteiger partial charge is 0.350 e. The average molecular weight is 340 g/mol. The predicted octanol–water partition coefficient (Wildman–Crippen LogP) is 4.20. The minimum Gasteiger partial charge on any atom is -0.350 e. The molecule has 0 aliphatic heterocycles. The third-order valence-electron chi connectivity index (χ3n) is 3.62. The summed E-state index contributed by atoms with van der Waals surface area (Å²) >= 11 is 1.55. The van der Waals surface area contributed by atoms with Crippen molar-refractivity contribution in [2.75, 3.05) is 0 Å². The van der Waals surface area contributed by atoms with Gasteiger partial charge in [0.2, 0.25) is 5.91 Å². The number of halogens is 1. The highest BCUT2D eigenvalue weighted by Crippen LogP contribution is 2.23. The molecule has 1 amide bonds. The zero-order valence-corrected chi connectivity index (χ0v) is 13.9. The summed E-state index contributed by atoms with van der Waals surface area (Å²) in [5.74, 6) is -0.371. The van der Waals surface area contributed by atoms with Crippen LogP contribution in [0.15, 0.2) is 60.0 Å². The molecule has 0 radical (unpaired) electrons. The van der Waals surface area contributed by atoms with Crippen molar-refractivity contribution in [1.29, 1.82) is 0 Å². The third-order valence-corrected chi connectivity index (χ3v) is 4.56. The van der Waals surface area contributed by atoms with Crippen molar-refractivity contribution in [1.82, 2.24) is 10.3 Å². The number of carbonyl (C=O) groups excluding carboxylic acids is 1. The van der Waals surface area contributed by atoms with Crippen LogP contribution in [-0.2, 0) is 17.8 Å². The molecule has 0 bridgehead atoms. The van der Waals surface area contributed by atoms with Gasteiger partial charge in [-0.25, -0.2) is 9.37 Å². The second-order valence-corrected chi connectivity index (χ2v) is 6.24. The van der Waals surface area contributed by atoms with E-state index in [9.17, 15) is 9.18 Å². The van der Waals surface area contributed by atoms with Crippen LogP contribution in [0.2, 0.25) is 0 Å². The number of hydrogen-bond acceptors (Lipinski definition) is 3. The summed E-state index contributed by atoms with van der Waals surface area (Å²) in [6, 6.07) is 16.5. The Hall–Kier alpha value is -2.53. The molecule has 0 spiro atoms. The lowest BCUT2D eigenvalue weighted by molar-refractivity contribution is -0.121. The molecule has 0 atom stereocenters. The van der Waals surface area contributed by atoms with Crippen LogP contribution < -0.4 is 5.32 Å². The summed E-state index contributed by atoms with van der Waals surface area (Å²) in [7, 11) is 0. The fourth-order valence-electron chi connectivity index (χ4n) is 2.33. The van der Waals surface area contributed by atoms with Crippen molar-refractivity contribution in [2.45, 2.75) is 19.4 Å². The highest BCUT2D eigenvalue weighted by molar-refractivity contribution is 7.13. The molecule has 2 aromatic carbocycles. The molecule has 0 aliphatic rings. The number of nitrogens with one attached hydrogen (secondary N) is 1. The van der Waals surface area contributed by atoms with Crippen LogP contribution in [0.5, 0.6) is 0 Å². The molecule has 0 aliphatic carbocycles. The summed E-state index contributed by atoms with van der Waals surface area (Å²) in [4.78, 5) is 16.4. The minimum absolute atomic E-state index is 0.104. The predicted molar refractivity (Wildman–Crippen MR) is 94.1 cm³/mol. The average Bonchev–Trinajstić information content (AvgIpc) is 3.09. The normalized spacial score (nSPS) is 10.5. The van der Waals surface area contributed by atoms with E-state index in [2.05, 4.69) is 10.3 Å². The molecular formula is C19H17FN2OS. The second kappa shape index (κ2) is 7.84. The molecule has 0 saturated heterocycles. The van der Waals surface area contributed by atoms with Gasteiger partial charge < -0.3 is 5.32 Å². The number of benzene rings is 2. The number of thiazole rings is 1. The lowest BCUT2D eigenvalue weighted by Crippen LogP contribution is -2.23. The second-order valence-electron chi connectivity index (χ2n) is 5.38. The summed E-state index contributed by atoms with van der Waals surface area (Å²) in [6.45, 7) is 0.388. The van der Waals surface area contributed by atoms with E-state index in [0.29, 0.717) is 18.5 Å². The SMILES string of the molecule is O=C(CCc1ccccc1F)NCc1csc(-c2ccccc2)n1. The number of aromatic nitrogens is 1. The molecule has 0 fully saturated rings. The molecule has 0 saturated carbocycles. The molecule has 5 heteroatoms. The summed E-state index contributed by atoms with van der Waals surface area (Å²) in [6.07, 6.45) is 0.654. The minimum atomic E-state index is -0.266. The van der Waals surface area contributed by atoms with Crippen molar-refractivity contribution in [3.63, 3.8) is 0 Å². The van der Waals surface area contributed by atoms with Crippen LogP contribution in [0.25, 0.3) is 10.6 Å². The van der Waals surface area contributed by atoms with E-state index in [-0.39, 0.29) is 18.1 Å². The fraction of sp³-hybridized carbons (Fsp3) is 0.158. The third kappa shape index (κ3) is 4.26. The van der Waals surface area contributed by atoms with E-state index < -0.39 is 0 Å². The monoisotopic (exact) mass is 340 g/mol. The number of hydrogen-bond donors (Lipinski definition) is 1. The van der Waals surface area contributed by atoms with E-state index in [1.54, 1.807) is 29.5 Å². The smallest absolute Gasteiger partial charge is 0.220 e. The van der Waals surface area contributed by atoms with Gasteiger partial charge in [-0.2, -0.15) is 0 Å². The van der Waals surface area contributed by atoms with Gasteiger partial charge in [-0.3, -0.25) is 4.79 Å². The zero-order valence-electron chi connectivity index (χ0n) is 13.0. The Morgan fingerprint density at radius 3 is 2.62 bits per heavy atom. The maximum absolute atomic E-state index is 13.5. The summed E-state index contributed by atoms with van der Waals surface area (Å²) in [5, 5.41) is 5.72. The highest BCUT2D eigenvalue weighted by atomic mass is 32.1. The van der Waals surface area contributed by atoms with Gasteiger partial charge in [0.1, 0.15) is 10.8 Å². The molecular weight excluding hydrogens is 323 g/mol. The van der Waals surface area contributed by atoms with Crippen LogP contribution in [-0.4, -0.2) is 10.9 Å². The first-order chi connectivity index (χ1) is 11.7.